The van der Waals surface area contributed by atoms with Crippen molar-refractivity contribution in [2.45, 2.75) is 70.9 Å². The van der Waals surface area contributed by atoms with Crippen molar-refractivity contribution >= 4 is 5.71 Å². The van der Waals surface area contributed by atoms with E-state index in [-0.39, 0.29) is 11.1 Å². The molecule has 1 fully saturated rings. The molecule has 24 heavy (non-hydrogen) atoms. The number of hydrogen-bond acceptors (Lipinski definition) is 3. The van der Waals surface area contributed by atoms with Crippen LogP contribution in [0.15, 0.2) is 35.4 Å². The Kier molecular flexibility index (Phi) is 5.79. The molecular formula is C20H29N3O. The lowest BCUT2D eigenvalue weighted by Crippen LogP contribution is -2.52. The van der Waals surface area contributed by atoms with Crippen LogP contribution in [0.2, 0.25) is 0 Å². The highest BCUT2D eigenvalue weighted by Crippen LogP contribution is 2.39. The van der Waals surface area contributed by atoms with Crippen molar-refractivity contribution in [2.24, 2.45) is 11.0 Å². The first-order chi connectivity index (χ1) is 11.2. The van der Waals surface area contributed by atoms with Crippen LogP contribution in [0.25, 0.3) is 4.95 Å². The van der Waals surface area contributed by atoms with E-state index in [1.165, 1.54) is 10.6 Å². The van der Waals surface area contributed by atoms with Gasteiger partial charge in [-0.1, -0.05) is 30.3 Å². The number of benzene rings is 1. The van der Waals surface area contributed by atoms with Crippen LogP contribution in [-0.2, 0) is 6.42 Å². The smallest absolute Gasteiger partial charge is 0.105 e. The topological polar surface area (TPSA) is 40.2 Å². The molecule has 1 atom stereocenters. The van der Waals surface area contributed by atoms with Crippen molar-refractivity contribution in [3.63, 3.8) is 0 Å². The summed E-state index contributed by atoms with van der Waals surface area (Å²) in [5, 5.41) is 16.2. The van der Waals surface area contributed by atoms with Gasteiger partial charge in [0.2, 0.25) is 0 Å². The van der Waals surface area contributed by atoms with Crippen LogP contribution in [0.3, 0.4) is 0 Å². The molecule has 1 aliphatic rings. The van der Waals surface area contributed by atoms with E-state index in [1.807, 2.05) is 18.2 Å². The SMILES string of the molecule is [C-]#[N+]/N=C(\Cc1ccccc1)CC1CCC(C)(C)N(O)C(C)(C)C1. The van der Waals surface area contributed by atoms with E-state index in [0.29, 0.717) is 5.92 Å². The minimum Gasteiger partial charge on any atom is -0.313 e. The highest BCUT2D eigenvalue weighted by molar-refractivity contribution is 5.87. The van der Waals surface area contributed by atoms with Crippen molar-refractivity contribution in [1.29, 1.82) is 0 Å². The Morgan fingerprint density at radius 3 is 2.54 bits per heavy atom. The van der Waals surface area contributed by atoms with Crippen molar-refractivity contribution in [1.82, 2.24) is 5.06 Å². The molecule has 2 rings (SSSR count). The molecular weight excluding hydrogens is 298 g/mol. The van der Waals surface area contributed by atoms with E-state index < -0.39 is 0 Å². The normalized spacial score (nSPS) is 24.2. The second-order valence-electron chi connectivity index (χ2n) is 8.18. The minimum absolute atomic E-state index is 0.227. The number of rotatable bonds is 4. The highest BCUT2D eigenvalue weighted by Gasteiger charge is 2.42. The molecule has 4 nitrogen and oxygen atoms in total. The lowest BCUT2D eigenvalue weighted by molar-refractivity contribution is -0.221. The molecule has 0 aromatic heterocycles. The van der Waals surface area contributed by atoms with Gasteiger partial charge in [0.25, 0.3) is 0 Å². The Bertz CT molecular complexity index is 614. The van der Waals surface area contributed by atoms with Gasteiger partial charge in [0.15, 0.2) is 0 Å². The second-order valence-corrected chi connectivity index (χ2v) is 8.18. The fourth-order valence-corrected chi connectivity index (χ4v) is 3.94. The van der Waals surface area contributed by atoms with Gasteiger partial charge in [-0.15, -0.1) is 4.95 Å². The summed E-state index contributed by atoms with van der Waals surface area (Å²) in [6.45, 7) is 15.5. The van der Waals surface area contributed by atoms with Gasteiger partial charge in [0.1, 0.15) is 5.71 Å². The number of hydroxylamine groups is 2. The maximum Gasteiger partial charge on any atom is 0.105 e. The summed E-state index contributed by atoms with van der Waals surface area (Å²) in [4.78, 5) is 3.28. The second kappa shape index (κ2) is 7.46. The molecule has 0 radical (unpaired) electrons. The largest absolute Gasteiger partial charge is 0.313 e. The first-order valence-corrected chi connectivity index (χ1v) is 8.70. The molecule has 1 aliphatic heterocycles. The van der Waals surface area contributed by atoms with Crippen molar-refractivity contribution < 1.29 is 5.21 Å². The van der Waals surface area contributed by atoms with E-state index in [2.05, 4.69) is 49.9 Å². The lowest BCUT2D eigenvalue weighted by Gasteiger charge is -2.42. The molecule has 1 unspecified atom stereocenters. The molecule has 0 aliphatic carbocycles. The average Bonchev–Trinajstić information content (AvgIpc) is 2.59. The van der Waals surface area contributed by atoms with Crippen LogP contribution in [-0.4, -0.2) is 27.1 Å². The Balaban J connectivity index is 2.12. The van der Waals surface area contributed by atoms with Crippen LogP contribution >= 0.6 is 0 Å². The zero-order chi connectivity index (χ0) is 17.8. The van der Waals surface area contributed by atoms with Gasteiger partial charge in [-0.2, -0.15) is 11.6 Å². The quantitative estimate of drug-likeness (QED) is 0.483. The Morgan fingerprint density at radius 2 is 1.92 bits per heavy atom. The molecule has 1 N–H and O–H groups in total. The minimum atomic E-state index is -0.277. The van der Waals surface area contributed by atoms with Crippen LogP contribution < -0.4 is 0 Å². The highest BCUT2D eigenvalue weighted by atomic mass is 16.5. The Hall–Kier alpha value is -1.70. The molecule has 0 amide bonds. The summed E-state index contributed by atoms with van der Waals surface area (Å²) in [7, 11) is 0. The molecule has 4 heteroatoms. The van der Waals surface area contributed by atoms with Crippen molar-refractivity contribution in [3.05, 3.63) is 47.4 Å². The maximum absolute atomic E-state index is 10.6. The molecule has 0 spiro atoms. The summed E-state index contributed by atoms with van der Waals surface area (Å²) >= 11 is 0. The molecule has 1 aromatic carbocycles. The first kappa shape index (κ1) is 18.6. The van der Waals surface area contributed by atoms with E-state index >= 15 is 0 Å². The lowest BCUT2D eigenvalue weighted by atomic mass is 9.85. The monoisotopic (exact) mass is 327 g/mol. The Labute approximate surface area is 146 Å². The summed E-state index contributed by atoms with van der Waals surface area (Å²) in [6, 6.07) is 10.2. The third kappa shape index (κ3) is 4.66. The van der Waals surface area contributed by atoms with Gasteiger partial charge in [0.05, 0.1) is 5.10 Å². The van der Waals surface area contributed by atoms with E-state index in [4.69, 9.17) is 6.57 Å². The summed E-state index contributed by atoms with van der Waals surface area (Å²) in [5.74, 6) is 0.431. The van der Waals surface area contributed by atoms with Gasteiger partial charge >= 0.3 is 0 Å². The standard InChI is InChI=1S/C20H29N3O/c1-19(2)12-11-17(15-20(3,4)23(19)24)14-18(22-21-5)13-16-9-7-6-8-10-16/h6-10,17,24H,11-15H2,1-4H3/b22-18+. The van der Waals surface area contributed by atoms with Gasteiger partial charge in [0, 0.05) is 17.5 Å². The molecule has 130 valence electrons. The summed E-state index contributed by atoms with van der Waals surface area (Å²) < 4.78 is 0. The third-order valence-electron chi connectivity index (χ3n) is 5.07. The van der Waals surface area contributed by atoms with Gasteiger partial charge < -0.3 is 5.21 Å². The predicted molar refractivity (Wildman–Crippen MR) is 97.9 cm³/mol. The summed E-state index contributed by atoms with van der Waals surface area (Å²) in [6.07, 6.45) is 4.43. The Morgan fingerprint density at radius 1 is 1.25 bits per heavy atom. The van der Waals surface area contributed by atoms with Crippen molar-refractivity contribution in [2.75, 3.05) is 0 Å². The van der Waals surface area contributed by atoms with Gasteiger partial charge in [-0.05, 0) is 64.9 Å². The fourth-order valence-electron chi connectivity index (χ4n) is 3.94. The third-order valence-corrected chi connectivity index (χ3v) is 5.07. The molecule has 0 bridgehead atoms. The predicted octanol–water partition coefficient (Wildman–Crippen LogP) is 4.94. The number of hydrogen-bond donors (Lipinski definition) is 1. The fraction of sp³-hybridized carbons (Fsp3) is 0.600. The number of nitrogens with zero attached hydrogens (tertiary/aromatic N) is 3. The molecule has 0 saturated carbocycles. The van der Waals surface area contributed by atoms with Crippen molar-refractivity contribution in [3.8, 4) is 0 Å². The van der Waals surface area contributed by atoms with E-state index in [0.717, 1.165) is 37.8 Å². The van der Waals surface area contributed by atoms with E-state index in [9.17, 15) is 5.21 Å². The molecule has 1 heterocycles. The first-order valence-electron chi connectivity index (χ1n) is 8.70. The summed E-state index contributed by atoms with van der Waals surface area (Å²) in [5.41, 5.74) is 1.63. The van der Waals surface area contributed by atoms with E-state index in [1.54, 1.807) is 0 Å². The molecule has 1 saturated heterocycles. The maximum atomic E-state index is 10.6. The molecule has 1 aromatic rings. The average molecular weight is 327 g/mol. The van der Waals surface area contributed by atoms with Gasteiger partial charge in [-0.25, -0.2) is 0 Å². The van der Waals surface area contributed by atoms with Crippen LogP contribution in [0, 0.1) is 12.5 Å². The zero-order valence-electron chi connectivity index (χ0n) is 15.3. The van der Waals surface area contributed by atoms with Crippen LogP contribution in [0.1, 0.15) is 58.9 Å². The van der Waals surface area contributed by atoms with Gasteiger partial charge in [-0.3, -0.25) is 0 Å². The zero-order valence-corrected chi connectivity index (χ0v) is 15.3. The van der Waals surface area contributed by atoms with Crippen LogP contribution in [0.4, 0.5) is 0 Å². The van der Waals surface area contributed by atoms with Crippen LogP contribution in [0.5, 0.6) is 0 Å².